The summed E-state index contributed by atoms with van der Waals surface area (Å²) in [4.78, 5) is 17.6. The monoisotopic (exact) mass is 252 g/mol. The number of carbonyl (C=O) groups excluding carboxylic acids is 1. The van der Waals surface area contributed by atoms with Gasteiger partial charge in [-0.05, 0) is 12.1 Å². The number of carbonyl (C=O) groups is 1. The lowest BCUT2D eigenvalue weighted by atomic mass is 10.2. The average molecular weight is 252 g/mol. The van der Waals surface area contributed by atoms with Crippen LogP contribution in [0, 0.1) is 0 Å². The third-order valence-electron chi connectivity index (χ3n) is 2.83. The molecule has 1 aliphatic rings. The van der Waals surface area contributed by atoms with E-state index < -0.39 is 0 Å². The van der Waals surface area contributed by atoms with Crippen molar-refractivity contribution < 1.29 is 19.4 Å². The number of rotatable bonds is 3. The molecule has 18 heavy (non-hydrogen) atoms. The van der Waals surface area contributed by atoms with Gasteiger partial charge in [-0.2, -0.15) is 0 Å². The molecule has 1 aromatic heterocycles. The van der Waals surface area contributed by atoms with E-state index in [-0.39, 0.29) is 18.7 Å². The van der Waals surface area contributed by atoms with Gasteiger partial charge in [0.2, 0.25) is 0 Å². The highest BCUT2D eigenvalue weighted by Gasteiger charge is 2.21. The quantitative estimate of drug-likeness (QED) is 0.767. The summed E-state index contributed by atoms with van der Waals surface area (Å²) < 4.78 is 10.0. The maximum atomic E-state index is 11.4. The fourth-order valence-corrected chi connectivity index (χ4v) is 1.87. The lowest BCUT2D eigenvalue weighted by Gasteiger charge is -2.32. The molecule has 0 radical (unpaired) electrons. The highest BCUT2D eigenvalue weighted by Crippen LogP contribution is 2.16. The topological polar surface area (TPSA) is 71.9 Å². The Labute approximate surface area is 105 Å². The standard InChI is InChI=1S/C12H16N2O4/c1-17-12(16)9-2-3-13-11(6-9)14-4-5-18-10(7-14)8-15/h2-3,6,10,15H,4-5,7-8H2,1H3. The van der Waals surface area contributed by atoms with E-state index in [1.807, 2.05) is 4.90 Å². The summed E-state index contributed by atoms with van der Waals surface area (Å²) in [6.07, 6.45) is 1.37. The SMILES string of the molecule is COC(=O)c1ccnc(N2CCOC(CO)C2)c1. The molecule has 1 atom stereocenters. The predicted octanol–water partition coefficient (Wildman–Crippen LogP) is 0.0657. The first-order chi connectivity index (χ1) is 8.74. The van der Waals surface area contributed by atoms with E-state index in [0.717, 1.165) is 0 Å². The van der Waals surface area contributed by atoms with Gasteiger partial charge < -0.3 is 19.5 Å². The Morgan fingerprint density at radius 2 is 2.56 bits per heavy atom. The summed E-state index contributed by atoms with van der Waals surface area (Å²) in [6, 6.07) is 3.30. The molecule has 1 fully saturated rings. The molecule has 1 unspecified atom stereocenters. The van der Waals surface area contributed by atoms with Crippen LogP contribution >= 0.6 is 0 Å². The van der Waals surface area contributed by atoms with Crippen LogP contribution in [0.3, 0.4) is 0 Å². The molecule has 1 saturated heterocycles. The fourth-order valence-electron chi connectivity index (χ4n) is 1.87. The van der Waals surface area contributed by atoms with Crippen LogP contribution < -0.4 is 4.90 Å². The molecule has 0 bridgehead atoms. The van der Waals surface area contributed by atoms with E-state index >= 15 is 0 Å². The van der Waals surface area contributed by atoms with Gasteiger partial charge in [0.05, 0.1) is 32.0 Å². The number of aliphatic hydroxyl groups is 1. The maximum absolute atomic E-state index is 11.4. The van der Waals surface area contributed by atoms with Crippen LogP contribution in [0.4, 0.5) is 5.82 Å². The summed E-state index contributed by atoms with van der Waals surface area (Å²) in [5.74, 6) is 0.310. The Hall–Kier alpha value is -1.66. The number of hydrogen-bond donors (Lipinski definition) is 1. The van der Waals surface area contributed by atoms with Crippen molar-refractivity contribution in [3.63, 3.8) is 0 Å². The number of hydrogen-bond acceptors (Lipinski definition) is 6. The van der Waals surface area contributed by atoms with Crippen molar-refractivity contribution >= 4 is 11.8 Å². The van der Waals surface area contributed by atoms with Gasteiger partial charge in [-0.3, -0.25) is 0 Å². The van der Waals surface area contributed by atoms with Gasteiger partial charge in [-0.25, -0.2) is 9.78 Å². The highest BCUT2D eigenvalue weighted by molar-refractivity contribution is 5.90. The van der Waals surface area contributed by atoms with Crippen LogP contribution in [-0.4, -0.2) is 55.6 Å². The first-order valence-corrected chi connectivity index (χ1v) is 5.76. The van der Waals surface area contributed by atoms with E-state index in [9.17, 15) is 4.79 Å². The van der Waals surface area contributed by atoms with Gasteiger partial charge in [0.25, 0.3) is 0 Å². The van der Waals surface area contributed by atoms with Crippen molar-refractivity contribution in [3.05, 3.63) is 23.9 Å². The summed E-state index contributed by atoms with van der Waals surface area (Å²) in [6.45, 7) is 1.77. The number of pyridine rings is 1. The van der Waals surface area contributed by atoms with E-state index in [4.69, 9.17) is 9.84 Å². The molecule has 6 nitrogen and oxygen atoms in total. The minimum atomic E-state index is -0.384. The van der Waals surface area contributed by atoms with E-state index in [2.05, 4.69) is 9.72 Å². The fraction of sp³-hybridized carbons (Fsp3) is 0.500. The zero-order valence-electron chi connectivity index (χ0n) is 10.2. The third-order valence-corrected chi connectivity index (χ3v) is 2.83. The summed E-state index contributed by atoms with van der Waals surface area (Å²) in [7, 11) is 1.35. The summed E-state index contributed by atoms with van der Waals surface area (Å²) >= 11 is 0. The van der Waals surface area contributed by atoms with Crippen molar-refractivity contribution in [1.82, 2.24) is 4.98 Å². The van der Waals surface area contributed by atoms with E-state index in [1.165, 1.54) is 7.11 Å². The number of ether oxygens (including phenoxy) is 2. The van der Waals surface area contributed by atoms with Crippen molar-refractivity contribution in [1.29, 1.82) is 0 Å². The summed E-state index contributed by atoms with van der Waals surface area (Å²) in [5.41, 5.74) is 0.467. The zero-order chi connectivity index (χ0) is 13.0. The molecule has 0 aromatic carbocycles. The largest absolute Gasteiger partial charge is 0.465 e. The normalized spacial score (nSPS) is 19.7. The summed E-state index contributed by atoms with van der Waals surface area (Å²) in [5, 5.41) is 9.09. The molecule has 0 aliphatic carbocycles. The molecule has 0 spiro atoms. The Morgan fingerprint density at radius 3 is 3.28 bits per heavy atom. The van der Waals surface area contributed by atoms with Crippen LogP contribution in [0.1, 0.15) is 10.4 Å². The van der Waals surface area contributed by atoms with Crippen LogP contribution in [0.25, 0.3) is 0 Å². The molecule has 1 aliphatic heterocycles. The number of nitrogens with zero attached hydrogens (tertiary/aromatic N) is 2. The van der Waals surface area contributed by atoms with Gasteiger partial charge in [0.1, 0.15) is 5.82 Å². The molecule has 6 heteroatoms. The van der Waals surface area contributed by atoms with Gasteiger partial charge in [-0.15, -0.1) is 0 Å². The first kappa shape index (κ1) is 12.8. The minimum Gasteiger partial charge on any atom is -0.465 e. The van der Waals surface area contributed by atoms with Crippen LogP contribution in [0.5, 0.6) is 0 Å². The third kappa shape index (κ3) is 2.77. The Morgan fingerprint density at radius 1 is 1.72 bits per heavy atom. The molecule has 1 aromatic rings. The Balaban J connectivity index is 2.15. The highest BCUT2D eigenvalue weighted by atomic mass is 16.5. The van der Waals surface area contributed by atoms with E-state index in [0.29, 0.717) is 31.1 Å². The van der Waals surface area contributed by atoms with Gasteiger partial charge in [-0.1, -0.05) is 0 Å². The first-order valence-electron chi connectivity index (χ1n) is 5.76. The number of anilines is 1. The van der Waals surface area contributed by atoms with Crippen LogP contribution in [0.2, 0.25) is 0 Å². The number of methoxy groups -OCH3 is 1. The average Bonchev–Trinajstić information content (AvgIpc) is 2.46. The van der Waals surface area contributed by atoms with E-state index in [1.54, 1.807) is 18.3 Å². The second kappa shape index (κ2) is 5.79. The second-order valence-electron chi connectivity index (χ2n) is 4.02. The second-order valence-corrected chi connectivity index (χ2v) is 4.02. The van der Waals surface area contributed by atoms with Crippen LogP contribution in [0.15, 0.2) is 18.3 Å². The maximum Gasteiger partial charge on any atom is 0.338 e. The van der Waals surface area contributed by atoms with Crippen LogP contribution in [-0.2, 0) is 9.47 Å². The van der Waals surface area contributed by atoms with Gasteiger partial charge >= 0.3 is 5.97 Å². The molecule has 0 amide bonds. The zero-order valence-corrected chi connectivity index (χ0v) is 10.2. The molecule has 98 valence electrons. The van der Waals surface area contributed by atoms with Crippen molar-refractivity contribution in [3.8, 4) is 0 Å². The molecule has 1 N–H and O–H groups in total. The molecule has 2 heterocycles. The molecular weight excluding hydrogens is 236 g/mol. The number of aromatic nitrogens is 1. The number of esters is 1. The van der Waals surface area contributed by atoms with Gasteiger partial charge in [0.15, 0.2) is 0 Å². The Bertz CT molecular complexity index is 424. The number of aliphatic hydroxyl groups excluding tert-OH is 1. The van der Waals surface area contributed by atoms with Crippen molar-refractivity contribution in [2.75, 3.05) is 38.3 Å². The van der Waals surface area contributed by atoms with Crippen molar-refractivity contribution in [2.45, 2.75) is 6.10 Å². The minimum absolute atomic E-state index is 0.0206. The molecule has 2 rings (SSSR count). The molecule has 0 saturated carbocycles. The predicted molar refractivity (Wildman–Crippen MR) is 64.6 cm³/mol. The lowest BCUT2D eigenvalue weighted by molar-refractivity contribution is 0.00336. The Kier molecular flexibility index (Phi) is 4.11. The number of morpholine rings is 1. The molecular formula is C12H16N2O4. The van der Waals surface area contributed by atoms with Gasteiger partial charge in [0, 0.05) is 19.3 Å². The lowest BCUT2D eigenvalue weighted by Crippen LogP contribution is -2.44. The smallest absolute Gasteiger partial charge is 0.338 e. The van der Waals surface area contributed by atoms with Crippen molar-refractivity contribution in [2.24, 2.45) is 0 Å².